The topological polar surface area (TPSA) is 80.3 Å². The van der Waals surface area contributed by atoms with Crippen molar-refractivity contribution in [2.24, 2.45) is 5.92 Å². The molecule has 0 saturated heterocycles. The van der Waals surface area contributed by atoms with Gasteiger partial charge in [-0.1, -0.05) is 0 Å². The first-order chi connectivity index (χ1) is 9.49. The van der Waals surface area contributed by atoms with Crippen molar-refractivity contribution in [1.82, 2.24) is 0 Å². The summed E-state index contributed by atoms with van der Waals surface area (Å²) in [7, 11) is 0. The first kappa shape index (κ1) is 29.1. The molecule has 0 amide bonds. The van der Waals surface area contributed by atoms with E-state index in [1.165, 1.54) is 0 Å². The zero-order valence-corrected chi connectivity index (χ0v) is 16.0. The smallest absolute Gasteiger partial charge is 0.549 e. The molecule has 0 atom stereocenters. The summed E-state index contributed by atoms with van der Waals surface area (Å²) >= 11 is 0. The molecule has 130 valence electrons. The van der Waals surface area contributed by atoms with Gasteiger partial charge in [0.05, 0.1) is 11.9 Å². The third-order valence-corrected chi connectivity index (χ3v) is 2.53. The number of carboxylic acid groups (broad SMARTS) is 2. The second-order valence-corrected chi connectivity index (χ2v) is 4.08. The summed E-state index contributed by atoms with van der Waals surface area (Å²) in [5.74, 6) is -28.1. The van der Waals surface area contributed by atoms with Gasteiger partial charge in [-0.25, -0.2) is 0 Å². The Hall–Kier alpha value is 0.310. The van der Waals surface area contributed by atoms with Gasteiger partial charge in [-0.3, -0.25) is 0 Å². The maximum Gasteiger partial charge on any atom is 1.00 e. The fourth-order valence-electron chi connectivity index (χ4n) is 1.22. The van der Waals surface area contributed by atoms with Crippen molar-refractivity contribution in [3.05, 3.63) is 0 Å². The number of rotatable bonds is 7. The van der Waals surface area contributed by atoms with E-state index in [1.54, 1.807) is 0 Å². The Morgan fingerprint density at radius 2 is 1.08 bits per heavy atom. The van der Waals surface area contributed by atoms with Gasteiger partial charge < -0.3 is 19.8 Å². The van der Waals surface area contributed by atoms with E-state index in [9.17, 15) is 59.3 Å². The Kier molecular flexibility index (Phi) is 11.3. The van der Waals surface area contributed by atoms with E-state index in [0.29, 0.717) is 0 Å². The molecule has 0 N–H and O–H groups in total. The summed E-state index contributed by atoms with van der Waals surface area (Å²) < 4.78 is 112. The van der Waals surface area contributed by atoms with Crippen LogP contribution in [0.1, 0.15) is 12.8 Å². The van der Waals surface area contributed by atoms with Crippen LogP contribution in [-0.2, 0) is 9.59 Å². The number of alkyl halides is 9. The number of hydrogen-bond acceptors (Lipinski definition) is 4. The van der Waals surface area contributed by atoms with Crippen molar-refractivity contribution in [3.8, 4) is 0 Å². The molecule has 0 aromatic heterocycles. The van der Waals surface area contributed by atoms with Gasteiger partial charge in [0, 0.05) is 12.3 Å². The molecule has 0 aliphatic heterocycles. The van der Waals surface area contributed by atoms with Gasteiger partial charge in [0.25, 0.3) is 0 Å². The van der Waals surface area contributed by atoms with Crippen molar-refractivity contribution in [2.45, 2.75) is 36.8 Å². The van der Waals surface area contributed by atoms with Crippen LogP contribution < -0.4 is 69.3 Å². The molecule has 0 aliphatic rings. The average molecular weight is 394 g/mol. The van der Waals surface area contributed by atoms with Crippen molar-refractivity contribution in [3.63, 3.8) is 0 Å². The normalized spacial score (nSPS) is 13.1. The van der Waals surface area contributed by atoms with Crippen LogP contribution in [0.5, 0.6) is 0 Å². The van der Waals surface area contributed by atoms with Gasteiger partial charge in [0.2, 0.25) is 0 Å². The van der Waals surface area contributed by atoms with E-state index in [2.05, 4.69) is 0 Å². The molecule has 0 aromatic rings. The number of carbonyl (C=O) groups is 2. The predicted molar refractivity (Wildman–Crippen MR) is 43.6 cm³/mol. The molecule has 15 heteroatoms. The molecular formula is C9H5F9Na2O4. The summed E-state index contributed by atoms with van der Waals surface area (Å²) in [4.78, 5) is 20.3. The first-order valence-corrected chi connectivity index (χ1v) is 5.11. The van der Waals surface area contributed by atoms with Crippen molar-refractivity contribution >= 4 is 11.9 Å². The van der Waals surface area contributed by atoms with Crippen LogP contribution in [0.3, 0.4) is 0 Å². The zero-order valence-electron chi connectivity index (χ0n) is 12.0. The minimum atomic E-state index is -7.12. The van der Waals surface area contributed by atoms with E-state index >= 15 is 0 Å². The largest absolute Gasteiger partial charge is 1.00 e. The third-order valence-electron chi connectivity index (χ3n) is 2.53. The number of halogens is 9. The summed E-state index contributed by atoms with van der Waals surface area (Å²) in [6, 6.07) is 0. The van der Waals surface area contributed by atoms with Gasteiger partial charge in [0.1, 0.15) is 0 Å². The Bertz CT molecular complexity index is 439. The molecule has 0 aliphatic carbocycles. The molecule has 0 bridgehead atoms. The van der Waals surface area contributed by atoms with Crippen LogP contribution >= 0.6 is 0 Å². The van der Waals surface area contributed by atoms with Gasteiger partial charge in [0.15, 0.2) is 0 Å². The molecule has 0 saturated carbocycles. The molecule has 4 nitrogen and oxygen atoms in total. The Morgan fingerprint density at radius 1 is 0.750 bits per heavy atom. The molecule has 0 heterocycles. The third kappa shape index (κ3) is 5.94. The standard InChI is InChI=1S/C9H7F9O4.2Na/c10-6(11,2-1-3(4(19)20)5(21)22)7(12,13)8(14,15)9(16,17)18;;/h3H,1-2H2,(H,19,20)(H,21,22);;/q;2*+1/p-2. The Labute approximate surface area is 172 Å². The maximum absolute atomic E-state index is 13.0. The summed E-state index contributed by atoms with van der Waals surface area (Å²) in [5.41, 5.74) is 0. The number of carboxylic acids is 2. The van der Waals surface area contributed by atoms with Crippen LogP contribution in [0.2, 0.25) is 0 Å². The van der Waals surface area contributed by atoms with E-state index in [0.717, 1.165) is 0 Å². The molecule has 0 aromatic carbocycles. The summed E-state index contributed by atoms with van der Waals surface area (Å²) in [5, 5.41) is 20.3. The molecule has 0 fully saturated rings. The van der Waals surface area contributed by atoms with E-state index in [4.69, 9.17) is 0 Å². The Morgan fingerprint density at radius 3 is 1.33 bits per heavy atom. The zero-order chi connectivity index (χ0) is 18.1. The van der Waals surface area contributed by atoms with Crippen molar-refractivity contribution in [2.75, 3.05) is 0 Å². The second-order valence-electron chi connectivity index (χ2n) is 4.08. The van der Waals surface area contributed by atoms with Gasteiger partial charge in [-0.05, 0) is 6.42 Å². The molecule has 0 spiro atoms. The molecule has 0 rings (SSSR count). The Balaban J connectivity index is -0.00000220. The summed E-state index contributed by atoms with van der Waals surface area (Å²) in [6.07, 6.45) is -11.5. The quantitative estimate of drug-likeness (QED) is 0.245. The fourth-order valence-corrected chi connectivity index (χ4v) is 1.22. The average Bonchev–Trinajstić information content (AvgIpc) is 2.25. The van der Waals surface area contributed by atoms with Crippen LogP contribution in [0.4, 0.5) is 39.5 Å². The van der Waals surface area contributed by atoms with Gasteiger partial charge >= 0.3 is 83.1 Å². The van der Waals surface area contributed by atoms with E-state index < -0.39 is 54.6 Å². The first-order valence-electron chi connectivity index (χ1n) is 5.11. The van der Waals surface area contributed by atoms with Gasteiger partial charge in [-0.15, -0.1) is 0 Å². The van der Waals surface area contributed by atoms with Gasteiger partial charge in [-0.2, -0.15) is 39.5 Å². The monoisotopic (exact) mass is 394 g/mol. The molecule has 24 heavy (non-hydrogen) atoms. The van der Waals surface area contributed by atoms with Crippen molar-refractivity contribution in [1.29, 1.82) is 0 Å². The number of hydrogen-bond donors (Lipinski definition) is 0. The van der Waals surface area contributed by atoms with E-state index in [-0.39, 0.29) is 59.1 Å². The van der Waals surface area contributed by atoms with Crippen molar-refractivity contribution < 1.29 is 118 Å². The predicted octanol–water partition coefficient (Wildman–Crippen LogP) is -5.64. The van der Waals surface area contributed by atoms with E-state index in [1.807, 2.05) is 0 Å². The van der Waals surface area contributed by atoms with Crippen LogP contribution in [0, 0.1) is 5.92 Å². The SMILES string of the molecule is O=C([O-])C(CCC(F)(F)C(F)(F)C(F)(F)C(F)(F)F)C(=O)[O-].[Na+].[Na+]. The second kappa shape index (κ2) is 9.31. The number of carbonyl (C=O) groups excluding carboxylic acids is 2. The maximum atomic E-state index is 13.0. The molecule has 0 unspecified atom stereocenters. The molecular weight excluding hydrogens is 389 g/mol. The van der Waals surface area contributed by atoms with Crippen LogP contribution in [0.15, 0.2) is 0 Å². The number of aliphatic carboxylic acids is 2. The summed E-state index contributed by atoms with van der Waals surface area (Å²) in [6.45, 7) is 0. The van der Waals surface area contributed by atoms with Crippen LogP contribution in [-0.4, -0.2) is 35.9 Å². The minimum absolute atomic E-state index is 0. The minimum Gasteiger partial charge on any atom is -0.549 e. The van der Waals surface area contributed by atoms with Crippen LogP contribution in [0.25, 0.3) is 0 Å². The molecule has 0 radical (unpaired) electrons. The fraction of sp³-hybridized carbons (Fsp3) is 0.778.